The zero-order valence-corrected chi connectivity index (χ0v) is 12.0. The van der Waals surface area contributed by atoms with E-state index in [1.165, 1.54) is 14.2 Å². The van der Waals surface area contributed by atoms with E-state index in [1.807, 2.05) is 0 Å². The molecule has 6 heteroatoms. The van der Waals surface area contributed by atoms with Crippen LogP contribution in [0.25, 0.3) is 0 Å². The SMILES string of the molecule is [B]N(CCCC)CC(CC(=C)C(=O)OC)C(=O)OC. The Morgan fingerprint density at radius 1 is 1.32 bits per heavy atom. The molecule has 0 aromatic heterocycles. The second-order valence-corrected chi connectivity index (χ2v) is 4.37. The van der Waals surface area contributed by atoms with Crippen LogP contribution in [0.3, 0.4) is 0 Å². The second kappa shape index (κ2) is 9.61. The molecule has 0 heterocycles. The van der Waals surface area contributed by atoms with Crippen LogP contribution in [-0.4, -0.2) is 52.0 Å². The summed E-state index contributed by atoms with van der Waals surface area (Å²) in [6.07, 6.45) is 2.15. The van der Waals surface area contributed by atoms with E-state index in [1.54, 1.807) is 4.81 Å². The van der Waals surface area contributed by atoms with Gasteiger partial charge >= 0.3 is 11.9 Å². The van der Waals surface area contributed by atoms with Crippen molar-refractivity contribution in [3.05, 3.63) is 12.2 Å². The molecule has 19 heavy (non-hydrogen) atoms. The molecule has 0 aliphatic heterocycles. The number of hydrogen-bond donors (Lipinski definition) is 0. The van der Waals surface area contributed by atoms with Gasteiger partial charge in [0, 0.05) is 12.1 Å². The van der Waals surface area contributed by atoms with E-state index in [2.05, 4.69) is 18.2 Å². The predicted octanol–water partition coefficient (Wildman–Crippen LogP) is 1.08. The summed E-state index contributed by atoms with van der Waals surface area (Å²) in [5.74, 6) is -1.44. The van der Waals surface area contributed by atoms with Crippen LogP contribution in [0, 0.1) is 5.92 Å². The predicted molar refractivity (Wildman–Crippen MR) is 73.5 cm³/mol. The van der Waals surface area contributed by atoms with Crippen molar-refractivity contribution in [3.63, 3.8) is 0 Å². The molecule has 0 N–H and O–H groups in total. The Bertz CT molecular complexity index is 320. The Hall–Kier alpha value is -1.30. The Kier molecular flexibility index (Phi) is 8.96. The van der Waals surface area contributed by atoms with Crippen LogP contribution >= 0.6 is 0 Å². The first-order chi connectivity index (χ1) is 8.96. The molecule has 0 spiro atoms. The number of esters is 2. The third-order valence-corrected chi connectivity index (χ3v) is 2.76. The van der Waals surface area contributed by atoms with Gasteiger partial charge < -0.3 is 14.3 Å². The fraction of sp³-hybridized carbons (Fsp3) is 0.692. The molecule has 0 saturated heterocycles. The number of ether oxygens (including phenoxy) is 2. The van der Waals surface area contributed by atoms with Crippen LogP contribution in [0.1, 0.15) is 26.2 Å². The van der Waals surface area contributed by atoms with Crippen LogP contribution in [-0.2, 0) is 19.1 Å². The van der Waals surface area contributed by atoms with E-state index in [0.29, 0.717) is 13.1 Å². The van der Waals surface area contributed by atoms with Gasteiger partial charge in [-0.1, -0.05) is 19.9 Å². The Morgan fingerprint density at radius 2 is 1.95 bits per heavy atom. The van der Waals surface area contributed by atoms with Gasteiger partial charge in [-0.05, 0) is 19.4 Å². The van der Waals surface area contributed by atoms with Crippen molar-refractivity contribution >= 4 is 19.9 Å². The molecule has 0 aliphatic rings. The summed E-state index contributed by atoms with van der Waals surface area (Å²) in [5.41, 5.74) is 0.238. The van der Waals surface area contributed by atoms with E-state index in [4.69, 9.17) is 12.7 Å². The Labute approximate surface area is 116 Å². The zero-order chi connectivity index (χ0) is 14.8. The van der Waals surface area contributed by atoms with Gasteiger partial charge in [-0.15, -0.1) is 0 Å². The number of methoxy groups -OCH3 is 2. The summed E-state index contributed by atoms with van der Waals surface area (Å²) in [5, 5.41) is 0. The van der Waals surface area contributed by atoms with Crippen LogP contribution in [0.4, 0.5) is 0 Å². The second-order valence-electron chi connectivity index (χ2n) is 4.37. The van der Waals surface area contributed by atoms with Crippen molar-refractivity contribution in [1.29, 1.82) is 0 Å². The van der Waals surface area contributed by atoms with Crippen molar-refractivity contribution in [2.75, 3.05) is 27.3 Å². The van der Waals surface area contributed by atoms with Gasteiger partial charge in [0.2, 0.25) is 0 Å². The fourth-order valence-electron chi connectivity index (χ4n) is 1.65. The van der Waals surface area contributed by atoms with Gasteiger partial charge in [0.1, 0.15) is 0 Å². The summed E-state index contributed by atoms with van der Waals surface area (Å²) in [7, 11) is 8.40. The number of rotatable bonds is 9. The lowest BCUT2D eigenvalue weighted by molar-refractivity contribution is -0.145. The quantitative estimate of drug-likeness (QED) is 0.355. The number of nitrogens with zero attached hydrogens (tertiary/aromatic N) is 1. The van der Waals surface area contributed by atoms with E-state index in [0.717, 1.165) is 12.8 Å². The molecule has 106 valence electrons. The summed E-state index contributed by atoms with van der Waals surface area (Å²) in [4.78, 5) is 24.5. The van der Waals surface area contributed by atoms with Crippen LogP contribution in [0.2, 0.25) is 0 Å². The van der Waals surface area contributed by atoms with Crippen LogP contribution in [0.5, 0.6) is 0 Å². The third-order valence-electron chi connectivity index (χ3n) is 2.76. The summed E-state index contributed by atoms with van der Waals surface area (Å²) in [6, 6.07) is 0. The lowest BCUT2D eigenvalue weighted by atomic mass is 9.98. The van der Waals surface area contributed by atoms with Crippen LogP contribution < -0.4 is 0 Å². The van der Waals surface area contributed by atoms with E-state index >= 15 is 0 Å². The molecule has 0 amide bonds. The molecule has 2 radical (unpaired) electrons. The van der Waals surface area contributed by atoms with Crippen molar-refractivity contribution in [2.24, 2.45) is 5.92 Å². The van der Waals surface area contributed by atoms with Crippen molar-refractivity contribution in [3.8, 4) is 0 Å². The molecular weight excluding hydrogens is 245 g/mol. The molecule has 1 unspecified atom stereocenters. The third kappa shape index (κ3) is 7.01. The number of carbonyl (C=O) groups is 2. The first kappa shape index (κ1) is 17.7. The molecule has 0 saturated carbocycles. The van der Waals surface area contributed by atoms with E-state index in [9.17, 15) is 9.59 Å². The van der Waals surface area contributed by atoms with Gasteiger partial charge in [0.15, 0.2) is 7.98 Å². The minimum Gasteiger partial charge on any atom is -0.469 e. The highest BCUT2D eigenvalue weighted by Gasteiger charge is 2.24. The topological polar surface area (TPSA) is 55.8 Å². The first-order valence-electron chi connectivity index (χ1n) is 6.29. The Morgan fingerprint density at radius 3 is 2.42 bits per heavy atom. The zero-order valence-electron chi connectivity index (χ0n) is 12.0. The molecule has 0 aromatic rings. The largest absolute Gasteiger partial charge is 0.469 e. The highest BCUT2D eigenvalue weighted by Crippen LogP contribution is 2.15. The van der Waals surface area contributed by atoms with E-state index in [-0.39, 0.29) is 12.0 Å². The molecule has 0 bridgehead atoms. The molecule has 0 aliphatic carbocycles. The molecule has 0 aromatic carbocycles. The van der Waals surface area contributed by atoms with E-state index < -0.39 is 17.9 Å². The molecule has 5 nitrogen and oxygen atoms in total. The van der Waals surface area contributed by atoms with Gasteiger partial charge in [-0.3, -0.25) is 4.79 Å². The maximum atomic E-state index is 11.7. The molecule has 1 atom stereocenters. The number of hydrogen-bond acceptors (Lipinski definition) is 5. The lowest BCUT2D eigenvalue weighted by Gasteiger charge is -2.23. The summed E-state index contributed by atoms with van der Waals surface area (Å²) < 4.78 is 9.28. The lowest BCUT2D eigenvalue weighted by Crippen LogP contribution is -2.33. The fourth-order valence-corrected chi connectivity index (χ4v) is 1.65. The summed E-state index contributed by atoms with van der Waals surface area (Å²) in [6.45, 7) is 6.68. The average Bonchev–Trinajstić information content (AvgIpc) is 2.42. The monoisotopic (exact) mass is 267 g/mol. The minimum absolute atomic E-state index is 0.180. The van der Waals surface area contributed by atoms with Crippen LogP contribution in [0.15, 0.2) is 12.2 Å². The Balaban J connectivity index is 4.51. The van der Waals surface area contributed by atoms with Gasteiger partial charge in [0.05, 0.1) is 20.1 Å². The van der Waals surface area contributed by atoms with Gasteiger partial charge in [0.25, 0.3) is 0 Å². The number of unbranched alkanes of at least 4 members (excludes halogenated alkanes) is 1. The smallest absolute Gasteiger partial charge is 0.333 e. The standard InChI is InChI=1S/C13H22BNO4/c1-5-6-7-15(14)9-11(13(17)19-4)8-10(2)12(16)18-3/h11H,2,5-9H2,1,3-4H3. The van der Waals surface area contributed by atoms with Crippen molar-refractivity contribution < 1.29 is 19.1 Å². The average molecular weight is 267 g/mol. The highest BCUT2D eigenvalue weighted by molar-refractivity contribution is 6.04. The summed E-state index contributed by atoms with van der Waals surface area (Å²) >= 11 is 0. The maximum absolute atomic E-state index is 11.7. The molecule has 0 rings (SSSR count). The number of carbonyl (C=O) groups excluding carboxylic acids is 2. The highest BCUT2D eigenvalue weighted by atomic mass is 16.5. The molecule has 0 fully saturated rings. The molecular formula is C13H22BNO4. The first-order valence-corrected chi connectivity index (χ1v) is 6.29. The minimum atomic E-state index is -0.522. The van der Waals surface area contributed by atoms with Gasteiger partial charge in [-0.2, -0.15) is 0 Å². The van der Waals surface area contributed by atoms with Crippen molar-refractivity contribution in [1.82, 2.24) is 4.81 Å². The maximum Gasteiger partial charge on any atom is 0.333 e. The van der Waals surface area contributed by atoms with Gasteiger partial charge in [-0.25, -0.2) is 4.79 Å². The normalized spacial score (nSPS) is 12.0. The van der Waals surface area contributed by atoms with Crippen molar-refractivity contribution in [2.45, 2.75) is 26.2 Å².